The van der Waals surface area contributed by atoms with Crippen molar-refractivity contribution in [2.24, 2.45) is 11.3 Å². The van der Waals surface area contributed by atoms with Gasteiger partial charge in [0.2, 0.25) is 0 Å². The van der Waals surface area contributed by atoms with Gasteiger partial charge in [-0.1, -0.05) is 27.2 Å². The van der Waals surface area contributed by atoms with E-state index in [1.165, 1.54) is 19.3 Å². The van der Waals surface area contributed by atoms with Gasteiger partial charge in [0.1, 0.15) is 0 Å². The number of rotatable bonds is 4. The summed E-state index contributed by atoms with van der Waals surface area (Å²) in [6.45, 7) is 6.94. The minimum absolute atomic E-state index is 0.121. The average molecular weight is 265 g/mol. The molecule has 2 N–H and O–H groups in total. The topological polar surface area (TPSA) is 83.6 Å². The summed E-state index contributed by atoms with van der Waals surface area (Å²) in [5, 5.41) is 16.1. The molecule has 0 aliphatic heterocycles. The van der Waals surface area contributed by atoms with E-state index in [1.54, 1.807) is 0 Å². The third-order valence-corrected chi connectivity index (χ3v) is 4.63. The van der Waals surface area contributed by atoms with Crippen LogP contribution < -0.4 is 5.32 Å². The summed E-state index contributed by atoms with van der Waals surface area (Å²) in [5.74, 6) is 0.652. The van der Waals surface area contributed by atoms with Gasteiger partial charge in [-0.05, 0) is 42.2 Å². The van der Waals surface area contributed by atoms with Gasteiger partial charge in [-0.2, -0.15) is 5.21 Å². The highest BCUT2D eigenvalue weighted by molar-refractivity contribution is 5.90. The second-order valence-electron chi connectivity index (χ2n) is 6.10. The number of amides is 1. The molecule has 1 aliphatic rings. The van der Waals surface area contributed by atoms with E-state index in [9.17, 15) is 4.79 Å². The van der Waals surface area contributed by atoms with E-state index in [1.807, 2.05) is 0 Å². The zero-order valence-corrected chi connectivity index (χ0v) is 11.9. The van der Waals surface area contributed by atoms with Crippen LogP contribution in [-0.2, 0) is 0 Å². The lowest BCUT2D eigenvalue weighted by Gasteiger charge is -2.38. The molecule has 0 spiro atoms. The zero-order chi connectivity index (χ0) is 13.9. The van der Waals surface area contributed by atoms with Crippen molar-refractivity contribution < 1.29 is 4.79 Å². The number of nitrogens with one attached hydrogen (secondary N) is 2. The maximum absolute atomic E-state index is 11.8. The highest BCUT2D eigenvalue weighted by Crippen LogP contribution is 2.40. The minimum Gasteiger partial charge on any atom is -0.346 e. The Morgan fingerprint density at radius 1 is 1.37 bits per heavy atom. The van der Waals surface area contributed by atoms with Crippen LogP contribution in [-0.4, -0.2) is 32.6 Å². The largest absolute Gasteiger partial charge is 0.346 e. The zero-order valence-electron chi connectivity index (χ0n) is 11.9. The predicted molar refractivity (Wildman–Crippen MR) is 71.5 cm³/mol. The summed E-state index contributed by atoms with van der Waals surface area (Å²) in [6.07, 6.45) is 5.64. The van der Waals surface area contributed by atoms with Gasteiger partial charge in [-0.25, -0.2) is 0 Å². The fourth-order valence-electron chi connectivity index (χ4n) is 2.82. The third-order valence-electron chi connectivity index (χ3n) is 4.63. The first-order valence-electron chi connectivity index (χ1n) is 7.07. The van der Waals surface area contributed by atoms with Crippen LogP contribution >= 0.6 is 0 Å². The lowest BCUT2D eigenvalue weighted by molar-refractivity contribution is 0.0883. The van der Waals surface area contributed by atoms with Crippen molar-refractivity contribution in [3.8, 4) is 0 Å². The van der Waals surface area contributed by atoms with Crippen molar-refractivity contribution in [2.75, 3.05) is 0 Å². The summed E-state index contributed by atoms with van der Waals surface area (Å²) >= 11 is 0. The standard InChI is InChI=1S/C13H23N5O/c1-4-13(2,3)9-5-7-10(8-6-9)14-12(19)11-15-17-18-16-11/h9-10H,4-8H2,1-3H3,(H,14,19)(H,15,16,17,18). The first-order chi connectivity index (χ1) is 9.03. The van der Waals surface area contributed by atoms with Crippen LogP contribution in [0.5, 0.6) is 0 Å². The second-order valence-corrected chi connectivity index (χ2v) is 6.10. The molecular weight excluding hydrogens is 242 g/mol. The molecule has 0 bridgehead atoms. The second kappa shape index (κ2) is 5.67. The number of aromatic nitrogens is 4. The summed E-state index contributed by atoms with van der Waals surface area (Å²) in [6, 6.07) is 0.245. The molecule has 19 heavy (non-hydrogen) atoms. The molecule has 1 aliphatic carbocycles. The minimum atomic E-state index is -0.230. The van der Waals surface area contributed by atoms with Gasteiger partial charge < -0.3 is 5.32 Å². The monoisotopic (exact) mass is 265 g/mol. The van der Waals surface area contributed by atoms with Crippen molar-refractivity contribution in [3.63, 3.8) is 0 Å². The fourth-order valence-corrected chi connectivity index (χ4v) is 2.82. The summed E-state index contributed by atoms with van der Waals surface area (Å²) < 4.78 is 0. The number of nitrogens with zero attached hydrogens (tertiary/aromatic N) is 3. The first kappa shape index (κ1) is 14.0. The lowest BCUT2D eigenvalue weighted by atomic mass is 9.69. The van der Waals surface area contributed by atoms with E-state index in [4.69, 9.17) is 0 Å². The molecule has 1 aromatic rings. The molecule has 1 saturated carbocycles. The Bertz CT molecular complexity index is 407. The van der Waals surface area contributed by atoms with Crippen molar-refractivity contribution in [1.29, 1.82) is 0 Å². The van der Waals surface area contributed by atoms with E-state index in [-0.39, 0.29) is 17.8 Å². The van der Waals surface area contributed by atoms with Crippen molar-refractivity contribution >= 4 is 5.91 Å². The molecular formula is C13H23N5O. The van der Waals surface area contributed by atoms with Gasteiger partial charge in [-0.3, -0.25) is 4.79 Å². The van der Waals surface area contributed by atoms with Crippen LogP contribution in [0.4, 0.5) is 0 Å². The number of hydrogen-bond donors (Lipinski definition) is 2. The lowest BCUT2D eigenvalue weighted by Crippen LogP contribution is -2.40. The van der Waals surface area contributed by atoms with Crippen LogP contribution in [0.25, 0.3) is 0 Å². The molecule has 0 radical (unpaired) electrons. The number of hydrogen-bond acceptors (Lipinski definition) is 4. The van der Waals surface area contributed by atoms with Gasteiger partial charge in [0.25, 0.3) is 11.7 Å². The highest BCUT2D eigenvalue weighted by atomic mass is 16.2. The maximum Gasteiger partial charge on any atom is 0.293 e. The van der Waals surface area contributed by atoms with Crippen LogP contribution in [0.1, 0.15) is 63.5 Å². The Labute approximate surface area is 113 Å². The average Bonchev–Trinajstić information content (AvgIpc) is 2.93. The van der Waals surface area contributed by atoms with E-state index >= 15 is 0 Å². The van der Waals surface area contributed by atoms with Crippen molar-refractivity contribution in [1.82, 2.24) is 25.9 Å². The molecule has 106 valence electrons. The van der Waals surface area contributed by atoms with Crippen LogP contribution in [0.2, 0.25) is 0 Å². The Morgan fingerprint density at radius 2 is 2.05 bits per heavy atom. The van der Waals surface area contributed by atoms with Gasteiger partial charge in [0.15, 0.2) is 0 Å². The summed E-state index contributed by atoms with van der Waals surface area (Å²) in [7, 11) is 0. The maximum atomic E-state index is 11.8. The Balaban J connectivity index is 1.82. The van der Waals surface area contributed by atoms with E-state index in [0.717, 1.165) is 18.8 Å². The Kier molecular flexibility index (Phi) is 4.17. The molecule has 0 saturated heterocycles. The molecule has 1 fully saturated rings. The molecule has 0 atom stereocenters. The summed E-state index contributed by atoms with van der Waals surface area (Å²) in [5.41, 5.74) is 0.405. The van der Waals surface area contributed by atoms with Crippen LogP contribution in [0, 0.1) is 11.3 Å². The van der Waals surface area contributed by atoms with E-state index < -0.39 is 0 Å². The normalized spacial score (nSPS) is 24.2. The van der Waals surface area contributed by atoms with Crippen molar-refractivity contribution in [3.05, 3.63) is 5.82 Å². The fraction of sp³-hybridized carbons (Fsp3) is 0.846. The van der Waals surface area contributed by atoms with E-state index in [2.05, 4.69) is 46.7 Å². The SMILES string of the molecule is CCC(C)(C)C1CCC(NC(=O)c2nn[nH]n2)CC1. The van der Waals surface area contributed by atoms with Gasteiger partial charge in [0, 0.05) is 6.04 Å². The molecule has 1 amide bonds. The van der Waals surface area contributed by atoms with E-state index in [0.29, 0.717) is 5.41 Å². The predicted octanol–water partition coefficient (Wildman–Crippen LogP) is 1.92. The third kappa shape index (κ3) is 3.30. The van der Waals surface area contributed by atoms with Gasteiger partial charge in [-0.15, -0.1) is 10.2 Å². The Hall–Kier alpha value is -1.46. The number of H-pyrrole nitrogens is 1. The molecule has 1 aromatic heterocycles. The molecule has 6 nitrogen and oxygen atoms in total. The summed E-state index contributed by atoms with van der Waals surface area (Å²) in [4.78, 5) is 11.8. The number of aromatic amines is 1. The molecule has 1 heterocycles. The molecule has 0 unspecified atom stereocenters. The smallest absolute Gasteiger partial charge is 0.293 e. The number of carbonyl (C=O) groups excluding carboxylic acids is 1. The molecule has 6 heteroatoms. The van der Waals surface area contributed by atoms with Crippen molar-refractivity contribution in [2.45, 2.75) is 58.9 Å². The van der Waals surface area contributed by atoms with Crippen LogP contribution in [0.15, 0.2) is 0 Å². The first-order valence-corrected chi connectivity index (χ1v) is 7.07. The number of tetrazole rings is 1. The molecule has 0 aromatic carbocycles. The van der Waals surface area contributed by atoms with Gasteiger partial charge in [0.05, 0.1) is 0 Å². The molecule has 2 rings (SSSR count). The quantitative estimate of drug-likeness (QED) is 0.871. The van der Waals surface area contributed by atoms with Gasteiger partial charge >= 0.3 is 0 Å². The number of carbonyl (C=O) groups is 1. The Morgan fingerprint density at radius 3 is 2.58 bits per heavy atom. The highest BCUT2D eigenvalue weighted by Gasteiger charge is 2.32. The van der Waals surface area contributed by atoms with Crippen LogP contribution in [0.3, 0.4) is 0 Å².